The minimum atomic E-state index is -0.0362. The molecule has 0 spiro atoms. The van der Waals surface area contributed by atoms with Gasteiger partial charge in [0.05, 0.1) is 5.56 Å². The summed E-state index contributed by atoms with van der Waals surface area (Å²) < 4.78 is 0. The Kier molecular flexibility index (Phi) is 3.83. The van der Waals surface area contributed by atoms with E-state index in [2.05, 4.69) is 19.2 Å². The van der Waals surface area contributed by atoms with Crippen LogP contribution >= 0.6 is 0 Å². The number of carbonyl (C=O) groups excluding carboxylic acids is 1. The van der Waals surface area contributed by atoms with Crippen LogP contribution in [-0.4, -0.2) is 11.9 Å². The van der Waals surface area contributed by atoms with Gasteiger partial charge < -0.3 is 11.1 Å². The molecule has 1 saturated carbocycles. The van der Waals surface area contributed by atoms with Gasteiger partial charge in [0.2, 0.25) is 0 Å². The highest BCUT2D eigenvalue weighted by molar-refractivity contribution is 5.99. The average Bonchev–Trinajstić information content (AvgIpc) is 2.35. The predicted molar refractivity (Wildman–Crippen MR) is 79.1 cm³/mol. The van der Waals surface area contributed by atoms with Crippen molar-refractivity contribution in [3.63, 3.8) is 0 Å². The number of rotatable bonds is 2. The Balaban J connectivity index is 2.00. The highest BCUT2D eigenvalue weighted by atomic mass is 16.1. The lowest BCUT2D eigenvalue weighted by molar-refractivity contribution is 0.0910. The number of carbonyl (C=O) groups is 1. The molecule has 0 bridgehead atoms. The van der Waals surface area contributed by atoms with E-state index in [1.165, 1.54) is 12.8 Å². The summed E-state index contributed by atoms with van der Waals surface area (Å²) in [6.07, 6.45) is 4.46. The predicted octanol–water partition coefficient (Wildman–Crippen LogP) is 3.28. The topological polar surface area (TPSA) is 55.1 Å². The van der Waals surface area contributed by atoms with Crippen LogP contribution in [0, 0.1) is 12.3 Å². The Hall–Kier alpha value is -1.51. The minimum absolute atomic E-state index is 0.0362. The Morgan fingerprint density at radius 3 is 2.58 bits per heavy atom. The molecule has 1 aromatic rings. The number of para-hydroxylation sites is 1. The van der Waals surface area contributed by atoms with Crippen LogP contribution in [-0.2, 0) is 0 Å². The number of nitrogens with two attached hydrogens (primary N) is 1. The minimum Gasteiger partial charge on any atom is -0.398 e. The van der Waals surface area contributed by atoms with E-state index in [0.29, 0.717) is 22.7 Å². The second kappa shape index (κ2) is 5.24. The largest absolute Gasteiger partial charge is 0.398 e. The maximum atomic E-state index is 12.3. The second-order valence-corrected chi connectivity index (χ2v) is 6.45. The summed E-state index contributed by atoms with van der Waals surface area (Å²) in [5.74, 6) is -0.0362. The summed E-state index contributed by atoms with van der Waals surface area (Å²) in [6, 6.07) is 5.89. The molecule has 1 aliphatic carbocycles. The number of nitrogen functional groups attached to an aromatic ring is 1. The summed E-state index contributed by atoms with van der Waals surface area (Å²) in [5, 5.41) is 3.12. The maximum absolute atomic E-state index is 12.3. The molecule has 2 rings (SSSR count). The van der Waals surface area contributed by atoms with E-state index in [9.17, 15) is 4.79 Å². The SMILES string of the molecule is Cc1cccc(C(=O)NC2CCC(C)(C)CC2)c1N. The first-order chi connectivity index (χ1) is 8.89. The number of nitrogens with one attached hydrogen (secondary N) is 1. The Labute approximate surface area is 115 Å². The lowest BCUT2D eigenvalue weighted by atomic mass is 9.75. The molecule has 1 fully saturated rings. The van der Waals surface area contributed by atoms with Gasteiger partial charge in [-0.2, -0.15) is 0 Å². The molecule has 0 atom stereocenters. The first-order valence-electron chi connectivity index (χ1n) is 7.05. The van der Waals surface area contributed by atoms with Gasteiger partial charge >= 0.3 is 0 Å². The van der Waals surface area contributed by atoms with Crippen LogP contribution in [0.2, 0.25) is 0 Å². The Morgan fingerprint density at radius 2 is 1.95 bits per heavy atom. The van der Waals surface area contributed by atoms with E-state index >= 15 is 0 Å². The number of anilines is 1. The number of benzene rings is 1. The molecule has 19 heavy (non-hydrogen) atoms. The number of amides is 1. The summed E-state index contributed by atoms with van der Waals surface area (Å²) in [6.45, 7) is 6.52. The van der Waals surface area contributed by atoms with Crippen molar-refractivity contribution in [1.29, 1.82) is 0 Å². The van der Waals surface area contributed by atoms with Gasteiger partial charge in [-0.3, -0.25) is 4.79 Å². The lowest BCUT2D eigenvalue weighted by Gasteiger charge is -2.34. The Morgan fingerprint density at radius 1 is 1.32 bits per heavy atom. The van der Waals surface area contributed by atoms with Crippen molar-refractivity contribution in [2.24, 2.45) is 5.41 Å². The highest BCUT2D eigenvalue weighted by Crippen LogP contribution is 2.35. The molecule has 0 radical (unpaired) electrons. The summed E-state index contributed by atoms with van der Waals surface area (Å²) in [5.41, 5.74) is 8.54. The van der Waals surface area contributed by atoms with Crippen LogP contribution < -0.4 is 11.1 Å². The molecule has 3 N–H and O–H groups in total. The second-order valence-electron chi connectivity index (χ2n) is 6.45. The molecule has 3 heteroatoms. The quantitative estimate of drug-likeness (QED) is 0.802. The zero-order valence-electron chi connectivity index (χ0n) is 12.1. The number of hydrogen-bond acceptors (Lipinski definition) is 2. The molecule has 104 valence electrons. The molecule has 1 aliphatic rings. The van der Waals surface area contributed by atoms with Gasteiger partial charge in [0, 0.05) is 11.7 Å². The molecule has 0 heterocycles. The fourth-order valence-electron chi connectivity index (χ4n) is 2.69. The molecular weight excluding hydrogens is 236 g/mol. The highest BCUT2D eigenvalue weighted by Gasteiger charge is 2.28. The third-order valence-electron chi connectivity index (χ3n) is 4.24. The van der Waals surface area contributed by atoms with E-state index in [4.69, 9.17) is 5.73 Å². The van der Waals surface area contributed by atoms with Crippen molar-refractivity contribution < 1.29 is 4.79 Å². The van der Waals surface area contributed by atoms with Crippen LogP contribution in [0.3, 0.4) is 0 Å². The molecule has 3 nitrogen and oxygen atoms in total. The normalized spacial score (nSPS) is 19.1. The van der Waals surface area contributed by atoms with Crippen LogP contribution in [0.1, 0.15) is 55.5 Å². The molecule has 0 unspecified atom stereocenters. The summed E-state index contributed by atoms with van der Waals surface area (Å²) in [4.78, 5) is 12.3. The van der Waals surface area contributed by atoms with Gasteiger partial charge in [-0.15, -0.1) is 0 Å². The van der Waals surface area contributed by atoms with Gasteiger partial charge in [-0.1, -0.05) is 26.0 Å². The zero-order valence-corrected chi connectivity index (χ0v) is 12.1. The molecule has 0 aromatic heterocycles. The molecule has 0 aliphatic heterocycles. The standard InChI is InChI=1S/C16H24N2O/c1-11-5-4-6-13(14(11)17)15(19)18-12-7-9-16(2,3)10-8-12/h4-6,12H,7-10,17H2,1-3H3,(H,18,19). The first kappa shape index (κ1) is 13.9. The molecule has 1 aromatic carbocycles. The van der Waals surface area contributed by atoms with Gasteiger partial charge in [-0.05, 0) is 49.7 Å². The van der Waals surface area contributed by atoms with Gasteiger partial charge in [0.25, 0.3) is 5.91 Å². The third-order valence-corrected chi connectivity index (χ3v) is 4.24. The van der Waals surface area contributed by atoms with Crippen molar-refractivity contribution in [3.05, 3.63) is 29.3 Å². The molecular formula is C16H24N2O. The summed E-state index contributed by atoms with van der Waals surface area (Å²) in [7, 11) is 0. The zero-order chi connectivity index (χ0) is 14.0. The van der Waals surface area contributed by atoms with Crippen molar-refractivity contribution in [1.82, 2.24) is 5.32 Å². The van der Waals surface area contributed by atoms with Gasteiger partial charge in [0.15, 0.2) is 0 Å². The van der Waals surface area contributed by atoms with Gasteiger partial charge in [0.1, 0.15) is 0 Å². The van der Waals surface area contributed by atoms with Crippen molar-refractivity contribution in [3.8, 4) is 0 Å². The smallest absolute Gasteiger partial charge is 0.253 e. The van der Waals surface area contributed by atoms with Crippen LogP contribution in [0.25, 0.3) is 0 Å². The van der Waals surface area contributed by atoms with E-state index in [0.717, 1.165) is 18.4 Å². The summed E-state index contributed by atoms with van der Waals surface area (Å²) >= 11 is 0. The van der Waals surface area contributed by atoms with Crippen LogP contribution in [0.15, 0.2) is 18.2 Å². The number of aryl methyl sites for hydroxylation is 1. The van der Waals surface area contributed by atoms with E-state index < -0.39 is 0 Å². The van der Waals surface area contributed by atoms with Gasteiger partial charge in [-0.25, -0.2) is 0 Å². The van der Waals surface area contributed by atoms with E-state index in [1.807, 2.05) is 19.1 Å². The maximum Gasteiger partial charge on any atom is 0.253 e. The molecule has 1 amide bonds. The lowest BCUT2D eigenvalue weighted by Crippen LogP contribution is -2.39. The van der Waals surface area contributed by atoms with Crippen molar-refractivity contribution >= 4 is 11.6 Å². The average molecular weight is 260 g/mol. The fourth-order valence-corrected chi connectivity index (χ4v) is 2.69. The molecule has 0 saturated heterocycles. The van der Waals surface area contributed by atoms with Crippen molar-refractivity contribution in [2.75, 3.05) is 5.73 Å². The van der Waals surface area contributed by atoms with E-state index in [1.54, 1.807) is 6.07 Å². The monoisotopic (exact) mass is 260 g/mol. The fraction of sp³-hybridized carbons (Fsp3) is 0.562. The number of hydrogen-bond donors (Lipinski definition) is 2. The van der Waals surface area contributed by atoms with E-state index in [-0.39, 0.29) is 5.91 Å². The Bertz CT molecular complexity index is 470. The van der Waals surface area contributed by atoms with Crippen molar-refractivity contribution in [2.45, 2.75) is 52.5 Å². The van der Waals surface area contributed by atoms with Crippen LogP contribution in [0.5, 0.6) is 0 Å². The first-order valence-corrected chi connectivity index (χ1v) is 7.05. The van der Waals surface area contributed by atoms with Crippen LogP contribution in [0.4, 0.5) is 5.69 Å². The third kappa shape index (κ3) is 3.28.